The maximum atomic E-state index is 13.1. The molecule has 0 fully saturated rings. The Balaban J connectivity index is 1.54. The number of carbonyl (C=O) groups is 2. The van der Waals surface area contributed by atoms with Crippen molar-refractivity contribution in [2.75, 3.05) is 19.0 Å². The summed E-state index contributed by atoms with van der Waals surface area (Å²) < 4.78 is 11.1. The Morgan fingerprint density at radius 2 is 1.66 bits per heavy atom. The number of anilines is 1. The van der Waals surface area contributed by atoms with Gasteiger partial charge in [-0.3, -0.25) is 9.59 Å². The molecule has 0 aliphatic carbocycles. The van der Waals surface area contributed by atoms with Crippen LogP contribution in [-0.4, -0.2) is 25.5 Å². The molecule has 0 saturated heterocycles. The molecule has 6 nitrogen and oxygen atoms in total. The lowest BCUT2D eigenvalue weighted by atomic mass is 10.1. The molecule has 1 heterocycles. The first-order valence-electron chi connectivity index (χ1n) is 10.0. The van der Waals surface area contributed by atoms with E-state index in [0.717, 1.165) is 15.6 Å². The van der Waals surface area contributed by atoms with Crippen molar-refractivity contribution in [2.24, 2.45) is 0 Å². The summed E-state index contributed by atoms with van der Waals surface area (Å²) in [6.45, 7) is 0.247. The Morgan fingerprint density at radius 1 is 0.906 bits per heavy atom. The zero-order valence-corrected chi connectivity index (χ0v) is 18.3. The highest BCUT2D eigenvalue weighted by atomic mass is 32.1. The van der Waals surface area contributed by atoms with Crippen LogP contribution in [0.15, 0.2) is 78.2 Å². The van der Waals surface area contributed by atoms with Gasteiger partial charge in [-0.15, -0.1) is 11.3 Å². The van der Waals surface area contributed by atoms with E-state index < -0.39 is 0 Å². The fraction of sp³-hybridized carbons (Fsp3) is 0.120. The van der Waals surface area contributed by atoms with Gasteiger partial charge >= 0.3 is 0 Å². The third-order valence-electron chi connectivity index (χ3n) is 4.85. The number of thiophene rings is 1. The van der Waals surface area contributed by atoms with Gasteiger partial charge < -0.3 is 20.1 Å². The molecule has 7 heteroatoms. The average molecular weight is 447 g/mol. The van der Waals surface area contributed by atoms with Crippen LogP contribution in [-0.2, 0) is 11.3 Å². The van der Waals surface area contributed by atoms with Crippen LogP contribution < -0.4 is 20.1 Å². The lowest BCUT2D eigenvalue weighted by molar-refractivity contribution is -0.123. The van der Waals surface area contributed by atoms with E-state index in [-0.39, 0.29) is 18.4 Å². The molecule has 0 atom stereocenters. The van der Waals surface area contributed by atoms with Crippen molar-refractivity contribution in [1.82, 2.24) is 5.32 Å². The van der Waals surface area contributed by atoms with E-state index in [1.165, 1.54) is 0 Å². The summed E-state index contributed by atoms with van der Waals surface area (Å²) >= 11 is 1.57. The van der Waals surface area contributed by atoms with Crippen molar-refractivity contribution in [3.05, 3.63) is 88.6 Å². The summed E-state index contributed by atoms with van der Waals surface area (Å²) in [5, 5.41) is 9.46. The first kappa shape index (κ1) is 21.4. The normalized spacial score (nSPS) is 10.5. The fourth-order valence-electron chi connectivity index (χ4n) is 3.25. The molecule has 0 spiro atoms. The number of benzene rings is 3. The van der Waals surface area contributed by atoms with Crippen LogP contribution in [0, 0.1) is 0 Å². The van der Waals surface area contributed by atoms with Crippen LogP contribution in [0.4, 0.5) is 5.69 Å². The summed E-state index contributed by atoms with van der Waals surface area (Å²) in [6, 6.07) is 22.3. The van der Waals surface area contributed by atoms with Gasteiger partial charge in [-0.05, 0) is 46.5 Å². The highest BCUT2D eigenvalue weighted by Crippen LogP contribution is 2.29. The minimum Gasteiger partial charge on any atom is -0.495 e. The van der Waals surface area contributed by atoms with E-state index in [0.29, 0.717) is 29.3 Å². The number of nitrogens with one attached hydrogen (secondary N) is 2. The molecule has 0 saturated carbocycles. The Kier molecular flexibility index (Phi) is 6.67. The van der Waals surface area contributed by atoms with Crippen molar-refractivity contribution < 1.29 is 19.1 Å². The zero-order chi connectivity index (χ0) is 22.3. The van der Waals surface area contributed by atoms with Crippen molar-refractivity contribution in [3.63, 3.8) is 0 Å². The van der Waals surface area contributed by atoms with Crippen LogP contribution in [0.3, 0.4) is 0 Å². The van der Waals surface area contributed by atoms with Crippen molar-refractivity contribution in [2.45, 2.75) is 6.54 Å². The SMILES string of the molecule is COc1ccccc1NC(=O)c1cc2ccccc2cc1OCC(=O)NCc1cccs1. The molecule has 32 heavy (non-hydrogen) atoms. The van der Waals surface area contributed by atoms with Gasteiger partial charge in [-0.1, -0.05) is 42.5 Å². The first-order chi connectivity index (χ1) is 15.6. The average Bonchev–Trinajstić information content (AvgIpc) is 3.35. The molecular weight excluding hydrogens is 424 g/mol. The van der Waals surface area contributed by atoms with Gasteiger partial charge in [0.25, 0.3) is 11.8 Å². The van der Waals surface area contributed by atoms with Gasteiger partial charge in [-0.2, -0.15) is 0 Å². The fourth-order valence-corrected chi connectivity index (χ4v) is 3.89. The van der Waals surface area contributed by atoms with Crippen LogP contribution in [0.5, 0.6) is 11.5 Å². The van der Waals surface area contributed by atoms with Gasteiger partial charge in [0.2, 0.25) is 0 Å². The van der Waals surface area contributed by atoms with Crippen LogP contribution >= 0.6 is 11.3 Å². The Morgan fingerprint density at radius 3 is 2.41 bits per heavy atom. The minimum atomic E-state index is -0.353. The monoisotopic (exact) mass is 446 g/mol. The second kappa shape index (κ2) is 9.98. The molecule has 0 aliphatic heterocycles. The Bertz CT molecular complexity index is 1240. The molecule has 2 amide bonds. The maximum absolute atomic E-state index is 13.1. The van der Waals surface area contributed by atoms with E-state index in [1.807, 2.05) is 53.9 Å². The van der Waals surface area contributed by atoms with E-state index >= 15 is 0 Å². The quantitative estimate of drug-likeness (QED) is 0.405. The summed E-state index contributed by atoms with van der Waals surface area (Å²) in [5.74, 6) is 0.274. The number of rotatable bonds is 8. The predicted octanol–water partition coefficient (Wildman–Crippen LogP) is 4.86. The van der Waals surface area contributed by atoms with Crippen molar-refractivity contribution in [1.29, 1.82) is 0 Å². The summed E-state index contributed by atoms with van der Waals surface area (Å²) in [7, 11) is 1.55. The molecule has 162 valence electrons. The van der Waals surface area contributed by atoms with Gasteiger partial charge in [-0.25, -0.2) is 0 Å². The smallest absolute Gasteiger partial charge is 0.259 e. The number of para-hydroxylation sites is 2. The van der Waals surface area contributed by atoms with Crippen molar-refractivity contribution >= 4 is 39.6 Å². The Labute approximate surface area is 189 Å². The second-order valence-corrected chi connectivity index (χ2v) is 8.03. The molecule has 0 unspecified atom stereocenters. The molecule has 4 aromatic rings. The number of fused-ring (bicyclic) bond motifs is 1. The van der Waals surface area contributed by atoms with E-state index in [9.17, 15) is 9.59 Å². The third kappa shape index (κ3) is 5.07. The van der Waals surface area contributed by atoms with Gasteiger partial charge in [0, 0.05) is 4.88 Å². The van der Waals surface area contributed by atoms with E-state index in [4.69, 9.17) is 9.47 Å². The number of hydrogen-bond donors (Lipinski definition) is 2. The highest BCUT2D eigenvalue weighted by molar-refractivity contribution is 7.09. The predicted molar refractivity (Wildman–Crippen MR) is 127 cm³/mol. The Hall–Kier alpha value is -3.84. The third-order valence-corrected chi connectivity index (χ3v) is 5.72. The standard InChI is InChI=1S/C25H22N2O4S/c1-30-22-11-5-4-10-21(22)27-25(29)20-13-17-7-2-3-8-18(17)14-23(20)31-16-24(28)26-15-19-9-6-12-32-19/h2-14H,15-16H2,1H3,(H,26,28)(H,27,29). The largest absolute Gasteiger partial charge is 0.495 e. The molecule has 2 N–H and O–H groups in total. The van der Waals surface area contributed by atoms with Gasteiger partial charge in [0.15, 0.2) is 6.61 Å². The molecule has 0 bridgehead atoms. The van der Waals surface area contributed by atoms with Gasteiger partial charge in [0.1, 0.15) is 11.5 Å². The van der Waals surface area contributed by atoms with E-state index in [1.54, 1.807) is 42.7 Å². The summed E-state index contributed by atoms with van der Waals surface area (Å²) in [6.07, 6.45) is 0. The molecule has 0 radical (unpaired) electrons. The van der Waals surface area contributed by atoms with Crippen molar-refractivity contribution in [3.8, 4) is 11.5 Å². The molecule has 1 aromatic heterocycles. The minimum absolute atomic E-state index is 0.196. The number of carbonyl (C=O) groups excluding carboxylic acids is 2. The first-order valence-corrected chi connectivity index (χ1v) is 10.9. The summed E-state index contributed by atoms with van der Waals surface area (Å²) in [5.41, 5.74) is 0.883. The maximum Gasteiger partial charge on any atom is 0.259 e. The number of methoxy groups -OCH3 is 1. The number of ether oxygens (including phenoxy) is 2. The topological polar surface area (TPSA) is 76.7 Å². The summed E-state index contributed by atoms with van der Waals surface area (Å²) in [4.78, 5) is 26.5. The molecule has 4 rings (SSSR count). The van der Waals surface area contributed by atoms with Crippen LogP contribution in [0.25, 0.3) is 10.8 Å². The lowest BCUT2D eigenvalue weighted by Gasteiger charge is -2.14. The van der Waals surface area contributed by atoms with Gasteiger partial charge in [0.05, 0.1) is 24.9 Å². The van der Waals surface area contributed by atoms with Crippen LogP contribution in [0.2, 0.25) is 0 Å². The zero-order valence-electron chi connectivity index (χ0n) is 17.5. The van der Waals surface area contributed by atoms with Crippen LogP contribution in [0.1, 0.15) is 15.2 Å². The number of amides is 2. The number of hydrogen-bond acceptors (Lipinski definition) is 5. The molecular formula is C25H22N2O4S. The molecule has 0 aliphatic rings. The highest BCUT2D eigenvalue weighted by Gasteiger charge is 2.17. The second-order valence-electron chi connectivity index (χ2n) is 6.99. The van der Waals surface area contributed by atoms with E-state index in [2.05, 4.69) is 10.6 Å². The lowest BCUT2D eigenvalue weighted by Crippen LogP contribution is -2.28. The molecule has 3 aromatic carbocycles.